The summed E-state index contributed by atoms with van der Waals surface area (Å²) in [5.74, 6) is 1.40. The number of anilines is 1. The molecule has 106 valence electrons. The van der Waals surface area contributed by atoms with E-state index < -0.39 is 6.10 Å². The molecule has 2 N–H and O–H groups in total. The number of ether oxygens (including phenoxy) is 2. The first kappa shape index (κ1) is 15.4. The van der Waals surface area contributed by atoms with E-state index in [0.29, 0.717) is 12.4 Å². The lowest BCUT2D eigenvalue weighted by Gasteiger charge is -2.19. The Morgan fingerprint density at radius 1 is 1.26 bits per heavy atom. The maximum atomic E-state index is 9.31. The second kappa shape index (κ2) is 7.69. The molecule has 1 rings (SSSR count). The lowest BCUT2D eigenvalue weighted by atomic mass is 10.2. The summed E-state index contributed by atoms with van der Waals surface area (Å²) >= 11 is 0. The molecule has 0 saturated heterocycles. The molecule has 0 radical (unpaired) electrons. The van der Waals surface area contributed by atoms with Crippen molar-refractivity contribution in [3.63, 3.8) is 0 Å². The first-order valence-corrected chi connectivity index (χ1v) is 6.48. The number of rotatable bonds is 8. The summed E-state index contributed by atoms with van der Waals surface area (Å²) in [6.07, 6.45) is 1.19. The fourth-order valence-electron chi connectivity index (χ4n) is 1.54. The summed E-state index contributed by atoms with van der Waals surface area (Å²) in [5.41, 5.74) is 0.806. The van der Waals surface area contributed by atoms with Crippen molar-refractivity contribution in [2.75, 3.05) is 18.5 Å². The van der Waals surface area contributed by atoms with Gasteiger partial charge in [0.1, 0.15) is 30.4 Å². The maximum absolute atomic E-state index is 9.31. The predicted molar refractivity (Wildman–Crippen MR) is 78.1 cm³/mol. The number of aliphatic hydroxyl groups is 1. The Labute approximate surface area is 115 Å². The van der Waals surface area contributed by atoms with Crippen molar-refractivity contribution in [1.82, 2.24) is 0 Å². The fourth-order valence-corrected chi connectivity index (χ4v) is 1.54. The van der Waals surface area contributed by atoms with Crippen molar-refractivity contribution in [2.45, 2.75) is 32.9 Å². The summed E-state index contributed by atoms with van der Waals surface area (Å²) < 4.78 is 11.2. The van der Waals surface area contributed by atoms with Crippen LogP contribution in [0, 0.1) is 0 Å². The van der Waals surface area contributed by atoms with Crippen molar-refractivity contribution < 1.29 is 14.6 Å². The Bertz CT molecular complexity index is 402. The lowest BCUT2D eigenvalue weighted by Crippen LogP contribution is -2.16. The molecule has 1 unspecified atom stereocenters. The number of para-hydroxylation sites is 1. The van der Waals surface area contributed by atoms with E-state index in [2.05, 4.69) is 11.9 Å². The third kappa shape index (κ3) is 5.22. The summed E-state index contributed by atoms with van der Waals surface area (Å²) in [5, 5.41) is 12.6. The minimum absolute atomic E-state index is 0.248. The molecule has 0 aliphatic heterocycles. The zero-order valence-corrected chi connectivity index (χ0v) is 11.8. The van der Waals surface area contributed by atoms with Crippen LogP contribution in [-0.4, -0.2) is 30.5 Å². The van der Waals surface area contributed by atoms with Crippen LogP contribution in [0.2, 0.25) is 0 Å². The monoisotopic (exact) mass is 265 g/mol. The van der Waals surface area contributed by atoms with Gasteiger partial charge in [-0.2, -0.15) is 0 Å². The Hall–Kier alpha value is -1.68. The van der Waals surface area contributed by atoms with E-state index in [1.807, 2.05) is 32.0 Å². The van der Waals surface area contributed by atoms with Gasteiger partial charge in [0.05, 0.1) is 6.10 Å². The van der Waals surface area contributed by atoms with Crippen LogP contribution in [0.5, 0.6) is 11.5 Å². The standard InChI is InChI=1S/C15H23NO3/c1-5-9-18-13-7-6-8-14(19-10-12(4)17)15(13)16-11(2)3/h5-8,11-12,16-17H,1,9-10H2,2-4H3. The molecule has 19 heavy (non-hydrogen) atoms. The van der Waals surface area contributed by atoms with Gasteiger partial charge in [0.15, 0.2) is 0 Å². The van der Waals surface area contributed by atoms with Crippen molar-refractivity contribution >= 4 is 5.69 Å². The maximum Gasteiger partial charge on any atom is 0.146 e. The van der Waals surface area contributed by atoms with E-state index in [-0.39, 0.29) is 12.6 Å². The third-order valence-electron chi connectivity index (χ3n) is 2.26. The molecule has 0 aromatic heterocycles. The second-order valence-electron chi connectivity index (χ2n) is 4.69. The SMILES string of the molecule is C=CCOc1cccc(OCC(C)O)c1NC(C)C. The molecular formula is C15H23NO3. The van der Waals surface area contributed by atoms with E-state index in [1.54, 1.807) is 13.0 Å². The largest absolute Gasteiger partial charge is 0.489 e. The topological polar surface area (TPSA) is 50.7 Å². The first-order chi connectivity index (χ1) is 9.04. The van der Waals surface area contributed by atoms with Crippen molar-refractivity contribution in [1.29, 1.82) is 0 Å². The highest BCUT2D eigenvalue weighted by atomic mass is 16.5. The van der Waals surface area contributed by atoms with Crippen LogP contribution >= 0.6 is 0 Å². The number of aliphatic hydroxyl groups excluding tert-OH is 1. The Balaban J connectivity index is 2.95. The van der Waals surface area contributed by atoms with Gasteiger partial charge in [0.25, 0.3) is 0 Å². The average Bonchev–Trinajstić information content (AvgIpc) is 2.35. The molecule has 0 spiro atoms. The van der Waals surface area contributed by atoms with Gasteiger partial charge in [-0.1, -0.05) is 18.7 Å². The van der Waals surface area contributed by atoms with Crippen molar-refractivity contribution in [3.05, 3.63) is 30.9 Å². The van der Waals surface area contributed by atoms with Crippen molar-refractivity contribution in [3.8, 4) is 11.5 Å². The molecule has 0 amide bonds. The predicted octanol–water partition coefficient (Wildman–Crippen LogP) is 2.83. The lowest BCUT2D eigenvalue weighted by molar-refractivity contribution is 0.123. The van der Waals surface area contributed by atoms with Crippen molar-refractivity contribution in [2.24, 2.45) is 0 Å². The molecule has 4 heteroatoms. The van der Waals surface area contributed by atoms with E-state index in [1.165, 1.54) is 0 Å². The second-order valence-corrected chi connectivity index (χ2v) is 4.69. The molecule has 0 bridgehead atoms. The molecule has 0 heterocycles. The van der Waals surface area contributed by atoms with Crippen LogP contribution < -0.4 is 14.8 Å². The van der Waals surface area contributed by atoms with Gasteiger partial charge in [-0.3, -0.25) is 0 Å². The molecule has 0 aliphatic rings. The minimum Gasteiger partial charge on any atom is -0.489 e. The van der Waals surface area contributed by atoms with Gasteiger partial charge in [-0.05, 0) is 32.9 Å². The number of hydrogen-bond donors (Lipinski definition) is 2. The van der Waals surface area contributed by atoms with Crippen LogP contribution in [0.1, 0.15) is 20.8 Å². The van der Waals surface area contributed by atoms with Crippen LogP contribution in [0.4, 0.5) is 5.69 Å². The summed E-state index contributed by atoms with van der Waals surface area (Å²) in [7, 11) is 0. The van der Waals surface area contributed by atoms with Gasteiger partial charge < -0.3 is 19.9 Å². The minimum atomic E-state index is -0.510. The van der Waals surface area contributed by atoms with Gasteiger partial charge in [0.2, 0.25) is 0 Å². The van der Waals surface area contributed by atoms with E-state index in [9.17, 15) is 5.11 Å². The molecule has 0 fully saturated rings. The summed E-state index contributed by atoms with van der Waals surface area (Å²) in [6.45, 7) is 10.1. The van der Waals surface area contributed by atoms with Crippen LogP contribution in [-0.2, 0) is 0 Å². The first-order valence-electron chi connectivity index (χ1n) is 6.48. The smallest absolute Gasteiger partial charge is 0.146 e. The third-order valence-corrected chi connectivity index (χ3v) is 2.26. The highest BCUT2D eigenvalue weighted by molar-refractivity contribution is 5.66. The summed E-state index contributed by atoms with van der Waals surface area (Å²) in [4.78, 5) is 0. The van der Waals surface area contributed by atoms with E-state index in [4.69, 9.17) is 9.47 Å². The number of nitrogens with one attached hydrogen (secondary N) is 1. The summed E-state index contributed by atoms with van der Waals surface area (Å²) in [6, 6.07) is 5.85. The van der Waals surface area contributed by atoms with Gasteiger partial charge >= 0.3 is 0 Å². The fraction of sp³-hybridized carbons (Fsp3) is 0.467. The van der Waals surface area contributed by atoms with Gasteiger partial charge in [-0.15, -0.1) is 0 Å². The number of hydrogen-bond acceptors (Lipinski definition) is 4. The molecule has 0 saturated carbocycles. The average molecular weight is 265 g/mol. The molecule has 1 aromatic carbocycles. The van der Waals surface area contributed by atoms with Crippen LogP contribution in [0.25, 0.3) is 0 Å². The Morgan fingerprint density at radius 2 is 1.89 bits per heavy atom. The molecule has 1 aromatic rings. The van der Waals surface area contributed by atoms with Crippen LogP contribution in [0.3, 0.4) is 0 Å². The van der Waals surface area contributed by atoms with Crippen LogP contribution in [0.15, 0.2) is 30.9 Å². The molecule has 0 aliphatic carbocycles. The molecule has 1 atom stereocenters. The normalized spacial score (nSPS) is 12.1. The zero-order valence-electron chi connectivity index (χ0n) is 11.8. The zero-order chi connectivity index (χ0) is 14.3. The quantitative estimate of drug-likeness (QED) is 0.710. The number of benzene rings is 1. The highest BCUT2D eigenvalue weighted by Gasteiger charge is 2.12. The molecule has 4 nitrogen and oxygen atoms in total. The van der Waals surface area contributed by atoms with E-state index >= 15 is 0 Å². The Kier molecular flexibility index (Phi) is 6.22. The van der Waals surface area contributed by atoms with Gasteiger partial charge in [-0.25, -0.2) is 0 Å². The molecular weight excluding hydrogens is 242 g/mol. The highest BCUT2D eigenvalue weighted by Crippen LogP contribution is 2.35. The van der Waals surface area contributed by atoms with Gasteiger partial charge in [0, 0.05) is 6.04 Å². The van der Waals surface area contributed by atoms with E-state index in [0.717, 1.165) is 11.4 Å². The Morgan fingerprint density at radius 3 is 2.42 bits per heavy atom.